The number of carboxylic acids is 1. The zero-order valence-corrected chi connectivity index (χ0v) is 11.2. The fourth-order valence-corrected chi connectivity index (χ4v) is 1.74. The molecule has 1 N–H and O–H groups in total. The second-order valence-electron chi connectivity index (χ2n) is 5.38. The number of aromatic carboxylic acids is 1. The fourth-order valence-electron chi connectivity index (χ4n) is 1.74. The standard InChI is InChI=1S/C15H16N2O2/c1-15(2,3)14-16-9-11(12(17-14)13(18)19)10-7-5-4-6-8-10/h4-9H,1-3H3,(H,18,19). The van der Waals surface area contributed by atoms with E-state index < -0.39 is 5.97 Å². The number of hydrogen-bond donors (Lipinski definition) is 1. The number of carboxylic acid groups (broad SMARTS) is 1. The molecule has 1 heterocycles. The Bertz CT molecular complexity index is 601. The Morgan fingerprint density at radius 3 is 2.32 bits per heavy atom. The minimum Gasteiger partial charge on any atom is -0.476 e. The van der Waals surface area contributed by atoms with E-state index in [2.05, 4.69) is 9.97 Å². The third-order valence-electron chi connectivity index (χ3n) is 2.75. The van der Waals surface area contributed by atoms with Crippen molar-refractivity contribution in [1.29, 1.82) is 0 Å². The van der Waals surface area contributed by atoms with Crippen molar-refractivity contribution in [2.75, 3.05) is 0 Å². The molecule has 98 valence electrons. The number of rotatable bonds is 2. The predicted molar refractivity (Wildman–Crippen MR) is 73.1 cm³/mol. The van der Waals surface area contributed by atoms with Gasteiger partial charge in [0.05, 0.1) is 0 Å². The monoisotopic (exact) mass is 256 g/mol. The van der Waals surface area contributed by atoms with Crippen molar-refractivity contribution in [3.63, 3.8) is 0 Å². The van der Waals surface area contributed by atoms with E-state index in [-0.39, 0.29) is 11.1 Å². The Kier molecular flexibility index (Phi) is 3.34. The van der Waals surface area contributed by atoms with Crippen molar-refractivity contribution in [2.45, 2.75) is 26.2 Å². The van der Waals surface area contributed by atoms with Crippen LogP contribution in [0.5, 0.6) is 0 Å². The summed E-state index contributed by atoms with van der Waals surface area (Å²) in [5.41, 5.74) is 1.12. The summed E-state index contributed by atoms with van der Waals surface area (Å²) in [5.74, 6) is -0.503. The largest absolute Gasteiger partial charge is 0.476 e. The van der Waals surface area contributed by atoms with Crippen LogP contribution in [-0.2, 0) is 5.41 Å². The van der Waals surface area contributed by atoms with Gasteiger partial charge in [-0.1, -0.05) is 51.1 Å². The summed E-state index contributed by atoms with van der Waals surface area (Å²) in [7, 11) is 0. The van der Waals surface area contributed by atoms with Crippen LogP contribution in [0.3, 0.4) is 0 Å². The van der Waals surface area contributed by atoms with Crippen LogP contribution in [0.25, 0.3) is 11.1 Å². The van der Waals surface area contributed by atoms with Crippen molar-refractivity contribution < 1.29 is 9.90 Å². The number of nitrogens with zero attached hydrogens (tertiary/aromatic N) is 2. The zero-order valence-electron chi connectivity index (χ0n) is 11.2. The molecule has 0 bridgehead atoms. The Labute approximate surface area is 112 Å². The average molecular weight is 256 g/mol. The highest BCUT2D eigenvalue weighted by molar-refractivity contribution is 5.93. The number of benzene rings is 1. The molecule has 0 saturated carbocycles. The maximum Gasteiger partial charge on any atom is 0.355 e. The Balaban J connectivity index is 2.61. The average Bonchev–Trinajstić information content (AvgIpc) is 2.38. The molecule has 4 nitrogen and oxygen atoms in total. The minimum atomic E-state index is -1.04. The molecule has 0 spiro atoms. The van der Waals surface area contributed by atoms with Crippen LogP contribution in [0.2, 0.25) is 0 Å². The highest BCUT2D eigenvalue weighted by atomic mass is 16.4. The van der Waals surface area contributed by atoms with E-state index in [9.17, 15) is 9.90 Å². The summed E-state index contributed by atoms with van der Waals surface area (Å²) in [4.78, 5) is 19.9. The first-order valence-electron chi connectivity index (χ1n) is 6.06. The van der Waals surface area contributed by atoms with Gasteiger partial charge in [-0.15, -0.1) is 0 Å². The van der Waals surface area contributed by atoms with Crippen LogP contribution < -0.4 is 0 Å². The number of hydrogen-bond acceptors (Lipinski definition) is 3. The van der Waals surface area contributed by atoms with Gasteiger partial charge in [-0.3, -0.25) is 0 Å². The first kappa shape index (κ1) is 13.2. The Morgan fingerprint density at radius 1 is 1.16 bits per heavy atom. The first-order valence-corrected chi connectivity index (χ1v) is 6.06. The third kappa shape index (κ3) is 2.78. The summed E-state index contributed by atoms with van der Waals surface area (Å²) in [6.07, 6.45) is 1.59. The van der Waals surface area contributed by atoms with Crippen molar-refractivity contribution in [3.8, 4) is 11.1 Å². The van der Waals surface area contributed by atoms with E-state index in [1.165, 1.54) is 0 Å². The van der Waals surface area contributed by atoms with Crippen LogP contribution in [0.1, 0.15) is 37.1 Å². The molecule has 4 heteroatoms. The van der Waals surface area contributed by atoms with Gasteiger partial charge in [0.25, 0.3) is 0 Å². The smallest absolute Gasteiger partial charge is 0.355 e. The lowest BCUT2D eigenvalue weighted by atomic mass is 9.95. The van der Waals surface area contributed by atoms with Crippen molar-refractivity contribution in [3.05, 3.63) is 48.0 Å². The van der Waals surface area contributed by atoms with Gasteiger partial charge in [0.1, 0.15) is 5.82 Å². The first-order chi connectivity index (χ1) is 8.89. The molecule has 2 aromatic rings. The highest BCUT2D eigenvalue weighted by Crippen LogP contribution is 2.25. The van der Waals surface area contributed by atoms with E-state index in [0.717, 1.165) is 5.56 Å². The quantitative estimate of drug-likeness (QED) is 0.896. The molecule has 1 aromatic heterocycles. The molecule has 0 aliphatic carbocycles. The minimum absolute atomic E-state index is 0.0473. The van der Waals surface area contributed by atoms with Crippen molar-refractivity contribution in [2.24, 2.45) is 0 Å². The van der Waals surface area contributed by atoms with Gasteiger partial charge in [0, 0.05) is 17.2 Å². The lowest BCUT2D eigenvalue weighted by molar-refractivity contribution is 0.0690. The predicted octanol–water partition coefficient (Wildman–Crippen LogP) is 3.14. The highest BCUT2D eigenvalue weighted by Gasteiger charge is 2.22. The van der Waals surface area contributed by atoms with Crippen LogP contribution in [0, 0.1) is 0 Å². The van der Waals surface area contributed by atoms with Gasteiger partial charge in [-0.25, -0.2) is 14.8 Å². The van der Waals surface area contributed by atoms with Crippen LogP contribution >= 0.6 is 0 Å². The molecule has 0 amide bonds. The summed E-state index contributed by atoms with van der Waals surface area (Å²) in [6, 6.07) is 9.30. The van der Waals surface area contributed by atoms with Gasteiger partial charge in [-0.2, -0.15) is 0 Å². The van der Waals surface area contributed by atoms with Gasteiger partial charge < -0.3 is 5.11 Å². The van der Waals surface area contributed by atoms with Crippen LogP contribution in [0.4, 0.5) is 0 Å². The molecule has 0 saturated heterocycles. The van der Waals surface area contributed by atoms with Crippen LogP contribution in [0.15, 0.2) is 36.5 Å². The van der Waals surface area contributed by atoms with Gasteiger partial charge in [0.2, 0.25) is 0 Å². The van der Waals surface area contributed by atoms with E-state index in [0.29, 0.717) is 11.4 Å². The maximum absolute atomic E-state index is 11.4. The number of carbonyl (C=O) groups is 1. The van der Waals surface area contributed by atoms with Gasteiger partial charge in [0.15, 0.2) is 5.69 Å². The summed E-state index contributed by atoms with van der Waals surface area (Å²) in [6.45, 7) is 5.86. The van der Waals surface area contributed by atoms with Gasteiger partial charge in [-0.05, 0) is 5.56 Å². The molecule has 19 heavy (non-hydrogen) atoms. The maximum atomic E-state index is 11.4. The topological polar surface area (TPSA) is 63.1 Å². The summed E-state index contributed by atoms with van der Waals surface area (Å²) < 4.78 is 0. The molecule has 0 radical (unpaired) electrons. The SMILES string of the molecule is CC(C)(C)c1ncc(-c2ccccc2)c(C(=O)O)n1. The molecular formula is C15H16N2O2. The van der Waals surface area contributed by atoms with E-state index >= 15 is 0 Å². The van der Waals surface area contributed by atoms with Crippen molar-refractivity contribution in [1.82, 2.24) is 9.97 Å². The van der Waals surface area contributed by atoms with Gasteiger partial charge >= 0.3 is 5.97 Å². The lowest BCUT2D eigenvalue weighted by Crippen LogP contribution is -2.18. The van der Waals surface area contributed by atoms with Crippen molar-refractivity contribution >= 4 is 5.97 Å². The zero-order chi connectivity index (χ0) is 14.0. The summed E-state index contributed by atoms with van der Waals surface area (Å²) >= 11 is 0. The summed E-state index contributed by atoms with van der Waals surface area (Å²) in [5, 5.41) is 9.33. The molecule has 2 rings (SSSR count). The molecule has 0 atom stereocenters. The fraction of sp³-hybridized carbons (Fsp3) is 0.267. The number of aromatic nitrogens is 2. The third-order valence-corrected chi connectivity index (χ3v) is 2.75. The molecule has 0 aliphatic rings. The molecule has 0 fully saturated rings. The normalized spacial score (nSPS) is 11.3. The Hall–Kier alpha value is -2.23. The van der Waals surface area contributed by atoms with E-state index in [4.69, 9.17) is 0 Å². The molecule has 1 aromatic carbocycles. The second kappa shape index (κ2) is 4.80. The van der Waals surface area contributed by atoms with E-state index in [1.54, 1.807) is 6.20 Å². The Morgan fingerprint density at radius 2 is 1.79 bits per heavy atom. The molecular weight excluding hydrogens is 240 g/mol. The molecule has 0 unspecified atom stereocenters. The van der Waals surface area contributed by atoms with Crippen LogP contribution in [-0.4, -0.2) is 21.0 Å². The second-order valence-corrected chi connectivity index (χ2v) is 5.38. The molecule has 0 aliphatic heterocycles. The lowest BCUT2D eigenvalue weighted by Gasteiger charge is -2.17. The van der Waals surface area contributed by atoms with E-state index in [1.807, 2.05) is 51.1 Å².